The van der Waals surface area contributed by atoms with Crippen molar-refractivity contribution in [2.75, 3.05) is 0 Å². The first kappa shape index (κ1) is 13.3. The molecule has 1 heterocycles. The largest absolute Gasteiger partial charge is 0.488 e. The summed E-state index contributed by atoms with van der Waals surface area (Å²) in [5.41, 5.74) is 6.91. The molecule has 0 unspecified atom stereocenters. The van der Waals surface area contributed by atoms with E-state index in [9.17, 15) is 0 Å². The monoisotopic (exact) mass is 264 g/mol. The van der Waals surface area contributed by atoms with Crippen LogP contribution in [0.4, 0.5) is 0 Å². The third-order valence-corrected chi connectivity index (χ3v) is 3.85. The molecule has 2 N–H and O–H groups in total. The predicted molar refractivity (Wildman–Crippen MR) is 76.8 cm³/mol. The van der Waals surface area contributed by atoms with Crippen molar-refractivity contribution in [3.8, 4) is 5.75 Å². The molecule has 98 valence electrons. The number of nitrogens with zero attached hydrogens (tertiary/aromatic N) is 1. The highest BCUT2D eigenvalue weighted by Gasteiger charge is 2.28. The molecule has 0 saturated heterocycles. The Bertz CT molecular complexity index is 435. The lowest BCUT2D eigenvalue weighted by atomic mass is 9.76. The average Bonchev–Trinajstić information content (AvgIpc) is 2.32. The van der Waals surface area contributed by atoms with Gasteiger partial charge in [-0.05, 0) is 37.2 Å². The van der Waals surface area contributed by atoms with E-state index in [2.05, 4.69) is 18.8 Å². The molecule has 0 radical (unpaired) electrons. The summed E-state index contributed by atoms with van der Waals surface area (Å²) >= 11 is 5.02. The van der Waals surface area contributed by atoms with Crippen molar-refractivity contribution in [2.24, 2.45) is 11.1 Å². The molecular formula is C14H20N2OS. The molecule has 0 bridgehead atoms. The zero-order valence-electron chi connectivity index (χ0n) is 11.0. The van der Waals surface area contributed by atoms with E-state index in [0.29, 0.717) is 10.4 Å². The van der Waals surface area contributed by atoms with Gasteiger partial charge in [0.2, 0.25) is 0 Å². The fourth-order valence-electron chi connectivity index (χ4n) is 2.35. The van der Waals surface area contributed by atoms with Crippen molar-refractivity contribution < 1.29 is 4.74 Å². The average molecular weight is 264 g/mol. The van der Waals surface area contributed by atoms with Gasteiger partial charge in [0.05, 0.1) is 17.9 Å². The Labute approximate surface area is 114 Å². The first-order valence-corrected chi connectivity index (χ1v) is 6.79. The first-order valence-electron chi connectivity index (χ1n) is 6.38. The van der Waals surface area contributed by atoms with Gasteiger partial charge in [0.25, 0.3) is 0 Å². The number of ether oxygens (including phenoxy) is 1. The standard InChI is InChI=1S/C14H20N2OS/c1-14(2)6-3-10(4-7-14)17-12-9-16-8-5-11(12)13(15)18/h5,8-10H,3-4,6-7H2,1-2H3,(H2,15,18). The number of aromatic nitrogens is 1. The van der Waals surface area contributed by atoms with Crippen molar-refractivity contribution >= 4 is 17.2 Å². The summed E-state index contributed by atoms with van der Waals surface area (Å²) in [6.45, 7) is 4.63. The molecule has 1 aliphatic carbocycles. The number of rotatable bonds is 3. The highest BCUT2D eigenvalue weighted by atomic mass is 32.1. The van der Waals surface area contributed by atoms with Crippen molar-refractivity contribution in [3.05, 3.63) is 24.0 Å². The second kappa shape index (κ2) is 5.22. The zero-order chi connectivity index (χ0) is 13.2. The normalized spacial score (nSPS) is 19.4. The van der Waals surface area contributed by atoms with Crippen LogP contribution in [0.1, 0.15) is 45.1 Å². The van der Waals surface area contributed by atoms with Crippen LogP contribution in [0.2, 0.25) is 0 Å². The third-order valence-electron chi connectivity index (χ3n) is 3.63. The number of pyridine rings is 1. The lowest BCUT2D eigenvalue weighted by Crippen LogP contribution is -2.29. The third kappa shape index (κ3) is 3.19. The molecule has 3 nitrogen and oxygen atoms in total. The Hall–Kier alpha value is -1.16. The van der Waals surface area contributed by atoms with E-state index in [-0.39, 0.29) is 6.10 Å². The van der Waals surface area contributed by atoms with E-state index >= 15 is 0 Å². The smallest absolute Gasteiger partial charge is 0.148 e. The Balaban J connectivity index is 2.04. The molecule has 0 atom stereocenters. The van der Waals surface area contributed by atoms with Gasteiger partial charge in [-0.3, -0.25) is 4.98 Å². The van der Waals surface area contributed by atoms with E-state index < -0.39 is 0 Å². The Morgan fingerprint density at radius 2 is 2.11 bits per heavy atom. The second-order valence-electron chi connectivity index (χ2n) is 5.72. The fourth-order valence-corrected chi connectivity index (χ4v) is 2.52. The van der Waals surface area contributed by atoms with Crippen LogP contribution in [0, 0.1) is 5.41 Å². The Morgan fingerprint density at radius 1 is 1.44 bits per heavy atom. The van der Waals surface area contributed by atoms with E-state index in [0.717, 1.165) is 24.2 Å². The van der Waals surface area contributed by atoms with Gasteiger partial charge >= 0.3 is 0 Å². The summed E-state index contributed by atoms with van der Waals surface area (Å²) in [6, 6.07) is 1.81. The highest BCUT2D eigenvalue weighted by Crippen LogP contribution is 2.36. The van der Waals surface area contributed by atoms with Crippen LogP contribution in [0.3, 0.4) is 0 Å². The molecule has 2 rings (SSSR count). The summed E-state index contributed by atoms with van der Waals surface area (Å²) in [7, 11) is 0. The number of thiocarbonyl (C=S) groups is 1. The Morgan fingerprint density at radius 3 is 2.72 bits per heavy atom. The maximum atomic E-state index is 6.01. The van der Waals surface area contributed by atoms with Crippen LogP contribution in [0.5, 0.6) is 5.75 Å². The quantitative estimate of drug-likeness (QED) is 0.852. The summed E-state index contributed by atoms with van der Waals surface area (Å²) in [4.78, 5) is 4.45. The lowest BCUT2D eigenvalue weighted by molar-refractivity contribution is 0.0983. The summed E-state index contributed by atoms with van der Waals surface area (Å²) in [5, 5.41) is 0. The van der Waals surface area contributed by atoms with Gasteiger partial charge in [0, 0.05) is 6.20 Å². The molecule has 1 aliphatic rings. The first-order chi connectivity index (χ1) is 8.48. The number of nitrogens with two attached hydrogens (primary N) is 1. The number of hydrogen-bond acceptors (Lipinski definition) is 3. The van der Waals surface area contributed by atoms with E-state index in [4.69, 9.17) is 22.7 Å². The minimum Gasteiger partial charge on any atom is -0.488 e. The number of hydrogen-bond donors (Lipinski definition) is 1. The predicted octanol–water partition coefficient (Wildman–Crippen LogP) is 3.06. The molecular weight excluding hydrogens is 244 g/mol. The van der Waals surface area contributed by atoms with Gasteiger partial charge < -0.3 is 10.5 Å². The molecule has 1 aromatic heterocycles. The molecule has 1 saturated carbocycles. The van der Waals surface area contributed by atoms with Crippen LogP contribution in [-0.4, -0.2) is 16.1 Å². The van der Waals surface area contributed by atoms with Crippen LogP contribution in [-0.2, 0) is 0 Å². The highest BCUT2D eigenvalue weighted by molar-refractivity contribution is 7.80. The maximum absolute atomic E-state index is 6.01. The van der Waals surface area contributed by atoms with Crippen LogP contribution < -0.4 is 10.5 Å². The Kier molecular flexibility index (Phi) is 3.85. The van der Waals surface area contributed by atoms with Gasteiger partial charge in [-0.25, -0.2) is 0 Å². The van der Waals surface area contributed by atoms with Gasteiger partial charge in [0.1, 0.15) is 10.7 Å². The van der Waals surface area contributed by atoms with Gasteiger partial charge in [0.15, 0.2) is 0 Å². The maximum Gasteiger partial charge on any atom is 0.148 e. The van der Waals surface area contributed by atoms with Crippen LogP contribution in [0.15, 0.2) is 18.5 Å². The minimum absolute atomic E-state index is 0.260. The molecule has 0 aromatic carbocycles. The molecule has 0 spiro atoms. The fraction of sp³-hybridized carbons (Fsp3) is 0.571. The van der Waals surface area contributed by atoms with E-state index in [1.807, 2.05) is 6.07 Å². The minimum atomic E-state index is 0.260. The molecule has 1 aromatic rings. The molecule has 4 heteroatoms. The van der Waals surface area contributed by atoms with E-state index in [1.54, 1.807) is 12.4 Å². The van der Waals surface area contributed by atoms with Gasteiger partial charge in [-0.2, -0.15) is 0 Å². The summed E-state index contributed by atoms with van der Waals surface area (Å²) in [5.74, 6) is 0.717. The van der Waals surface area contributed by atoms with E-state index in [1.165, 1.54) is 12.8 Å². The van der Waals surface area contributed by atoms with Crippen molar-refractivity contribution in [3.63, 3.8) is 0 Å². The zero-order valence-corrected chi connectivity index (χ0v) is 11.8. The van der Waals surface area contributed by atoms with Crippen LogP contribution in [0.25, 0.3) is 0 Å². The van der Waals surface area contributed by atoms with Crippen molar-refractivity contribution in [2.45, 2.75) is 45.6 Å². The summed E-state index contributed by atoms with van der Waals surface area (Å²) < 4.78 is 6.01. The molecule has 1 fully saturated rings. The second-order valence-corrected chi connectivity index (χ2v) is 6.16. The van der Waals surface area contributed by atoms with Crippen molar-refractivity contribution in [1.82, 2.24) is 4.98 Å². The lowest BCUT2D eigenvalue weighted by Gasteiger charge is -2.34. The van der Waals surface area contributed by atoms with Gasteiger partial charge in [-0.15, -0.1) is 0 Å². The van der Waals surface area contributed by atoms with Crippen molar-refractivity contribution in [1.29, 1.82) is 0 Å². The topological polar surface area (TPSA) is 48.1 Å². The molecule has 18 heavy (non-hydrogen) atoms. The van der Waals surface area contributed by atoms with Crippen LogP contribution >= 0.6 is 12.2 Å². The molecule has 0 aliphatic heterocycles. The SMILES string of the molecule is CC1(C)CCC(Oc2cnccc2C(N)=S)CC1. The van der Waals surface area contributed by atoms with Gasteiger partial charge in [-0.1, -0.05) is 26.1 Å². The molecule has 0 amide bonds. The summed E-state index contributed by atoms with van der Waals surface area (Å²) in [6.07, 6.45) is 8.20.